The Hall–Kier alpha value is -3.83. The summed E-state index contributed by atoms with van der Waals surface area (Å²) < 4.78 is 5.56. The first-order valence-electron chi connectivity index (χ1n) is 9.64. The number of Topliss-reactive ketones (excluding diaryl/α,β-unsaturated/α-hetero) is 1. The van der Waals surface area contributed by atoms with Gasteiger partial charge in [0.1, 0.15) is 17.6 Å². The fourth-order valence-corrected chi connectivity index (χ4v) is 4.03. The van der Waals surface area contributed by atoms with Crippen LogP contribution in [0.5, 0.6) is 0 Å². The first-order chi connectivity index (χ1) is 15.0. The smallest absolute Gasteiger partial charge is 0.300 e. The maximum atomic E-state index is 13.1. The third kappa shape index (κ3) is 3.20. The summed E-state index contributed by atoms with van der Waals surface area (Å²) >= 11 is 5.99. The molecule has 1 fully saturated rings. The number of hydrogen-bond acceptors (Lipinski definition) is 4. The number of carbonyl (C=O) groups excluding carboxylic acids is 2. The summed E-state index contributed by atoms with van der Waals surface area (Å²) in [5.74, 6) is -1.40. The van der Waals surface area contributed by atoms with Gasteiger partial charge in [-0.25, -0.2) is 0 Å². The van der Waals surface area contributed by atoms with Crippen LogP contribution in [0.15, 0.2) is 95.1 Å². The minimum atomic E-state index is -0.900. The molecule has 152 valence electrons. The molecule has 1 atom stereocenters. The first kappa shape index (κ1) is 19.2. The fourth-order valence-electron chi connectivity index (χ4n) is 3.91. The van der Waals surface area contributed by atoms with Crippen LogP contribution in [0.4, 0.5) is 5.69 Å². The zero-order valence-electron chi connectivity index (χ0n) is 16.2. The summed E-state index contributed by atoms with van der Waals surface area (Å²) in [6.07, 6.45) is 1.47. The maximum absolute atomic E-state index is 13.1. The van der Waals surface area contributed by atoms with Gasteiger partial charge in [-0.2, -0.15) is 0 Å². The Morgan fingerprint density at radius 2 is 1.65 bits per heavy atom. The van der Waals surface area contributed by atoms with Crippen LogP contribution >= 0.6 is 11.6 Å². The summed E-state index contributed by atoms with van der Waals surface area (Å²) in [6.45, 7) is 0. The largest absolute Gasteiger partial charge is 0.507 e. The average Bonchev–Trinajstić information content (AvgIpc) is 3.41. The van der Waals surface area contributed by atoms with E-state index in [1.165, 1.54) is 11.2 Å². The van der Waals surface area contributed by atoms with Gasteiger partial charge in [0.25, 0.3) is 11.7 Å². The van der Waals surface area contributed by atoms with Crippen LogP contribution in [0.2, 0.25) is 5.02 Å². The van der Waals surface area contributed by atoms with Crippen molar-refractivity contribution in [2.24, 2.45) is 0 Å². The number of aliphatic hydroxyl groups excluding tert-OH is 1. The number of rotatable bonds is 3. The second-order valence-electron chi connectivity index (χ2n) is 7.22. The standard InChI is InChI=1S/C25H16ClNO4/c26-18-9-11-19(12-10-18)27-22(20-6-3-13-31-20)21(24(29)25(27)30)23(28)17-8-7-15-4-1-2-5-16(15)14-17/h1-14,22,28H/b23-21-. The van der Waals surface area contributed by atoms with Crippen LogP contribution in [0.1, 0.15) is 17.4 Å². The molecule has 5 nitrogen and oxygen atoms in total. The maximum Gasteiger partial charge on any atom is 0.300 e. The molecule has 1 aromatic heterocycles. The normalized spacial score (nSPS) is 18.1. The molecule has 4 aromatic rings. The monoisotopic (exact) mass is 429 g/mol. The number of anilines is 1. The number of hydrogen-bond donors (Lipinski definition) is 1. The molecule has 1 saturated heterocycles. The molecule has 1 N–H and O–H groups in total. The van der Waals surface area contributed by atoms with Crippen molar-refractivity contribution < 1.29 is 19.1 Å². The Bertz CT molecular complexity index is 1340. The topological polar surface area (TPSA) is 70.8 Å². The van der Waals surface area contributed by atoms with Crippen LogP contribution in [0, 0.1) is 0 Å². The number of benzene rings is 3. The van der Waals surface area contributed by atoms with Gasteiger partial charge >= 0.3 is 0 Å². The molecule has 6 heteroatoms. The van der Waals surface area contributed by atoms with E-state index in [9.17, 15) is 14.7 Å². The Labute approximate surface area is 182 Å². The fraction of sp³-hybridized carbons (Fsp3) is 0.0400. The van der Waals surface area contributed by atoms with E-state index in [1.54, 1.807) is 48.5 Å². The van der Waals surface area contributed by atoms with Crippen LogP contribution in [-0.4, -0.2) is 16.8 Å². The van der Waals surface area contributed by atoms with E-state index < -0.39 is 17.7 Å². The van der Waals surface area contributed by atoms with Crippen LogP contribution < -0.4 is 4.90 Å². The van der Waals surface area contributed by atoms with Crippen molar-refractivity contribution in [3.63, 3.8) is 0 Å². The molecule has 31 heavy (non-hydrogen) atoms. The van der Waals surface area contributed by atoms with Crippen LogP contribution in [0.25, 0.3) is 16.5 Å². The lowest BCUT2D eigenvalue weighted by Crippen LogP contribution is -2.29. The lowest BCUT2D eigenvalue weighted by Gasteiger charge is -2.23. The van der Waals surface area contributed by atoms with E-state index in [2.05, 4.69) is 0 Å². The number of ketones is 1. The third-order valence-corrected chi connectivity index (χ3v) is 5.64. The molecule has 3 aromatic carbocycles. The zero-order valence-corrected chi connectivity index (χ0v) is 16.9. The molecule has 0 saturated carbocycles. The quantitative estimate of drug-likeness (QED) is 0.257. The first-order valence-corrected chi connectivity index (χ1v) is 10.0. The van der Waals surface area contributed by atoms with Gasteiger partial charge in [0.15, 0.2) is 0 Å². The number of carbonyl (C=O) groups is 2. The highest BCUT2D eigenvalue weighted by Crippen LogP contribution is 2.42. The van der Waals surface area contributed by atoms with Crippen molar-refractivity contribution in [1.82, 2.24) is 0 Å². The molecule has 0 spiro atoms. The summed E-state index contributed by atoms with van der Waals surface area (Å²) in [6, 6.07) is 22.1. The van der Waals surface area contributed by atoms with Crippen molar-refractivity contribution in [2.45, 2.75) is 6.04 Å². The van der Waals surface area contributed by atoms with E-state index in [0.29, 0.717) is 22.0 Å². The van der Waals surface area contributed by atoms with Gasteiger partial charge in [-0.05, 0) is 53.2 Å². The minimum absolute atomic E-state index is 0.0230. The predicted molar refractivity (Wildman–Crippen MR) is 119 cm³/mol. The molecule has 2 heterocycles. The summed E-state index contributed by atoms with van der Waals surface area (Å²) in [5.41, 5.74) is 0.903. The number of fused-ring (bicyclic) bond motifs is 1. The lowest BCUT2D eigenvalue weighted by atomic mass is 9.97. The predicted octanol–water partition coefficient (Wildman–Crippen LogP) is 5.71. The number of furan rings is 1. The van der Waals surface area contributed by atoms with Crippen LogP contribution in [0.3, 0.4) is 0 Å². The van der Waals surface area contributed by atoms with Crippen molar-refractivity contribution >= 4 is 45.5 Å². The molecule has 5 rings (SSSR count). The number of nitrogens with zero attached hydrogens (tertiary/aromatic N) is 1. The molecule has 0 radical (unpaired) electrons. The van der Waals surface area contributed by atoms with Gasteiger partial charge < -0.3 is 9.52 Å². The minimum Gasteiger partial charge on any atom is -0.507 e. The second-order valence-corrected chi connectivity index (χ2v) is 7.66. The van der Waals surface area contributed by atoms with E-state index in [4.69, 9.17) is 16.0 Å². The SMILES string of the molecule is O=C1C(=O)N(c2ccc(Cl)cc2)C(c2ccco2)/C1=C(/O)c1ccc2ccccc2c1. The third-order valence-electron chi connectivity index (χ3n) is 5.38. The highest BCUT2D eigenvalue weighted by Gasteiger charge is 2.48. The van der Waals surface area contributed by atoms with Crippen molar-refractivity contribution in [2.75, 3.05) is 4.90 Å². The zero-order chi connectivity index (χ0) is 21.5. The Morgan fingerprint density at radius 3 is 2.35 bits per heavy atom. The average molecular weight is 430 g/mol. The second kappa shape index (κ2) is 7.45. The van der Waals surface area contributed by atoms with Gasteiger partial charge in [-0.15, -0.1) is 0 Å². The van der Waals surface area contributed by atoms with Gasteiger partial charge in [-0.1, -0.05) is 48.0 Å². The number of aliphatic hydroxyl groups is 1. The molecular weight excluding hydrogens is 414 g/mol. The summed E-state index contributed by atoms with van der Waals surface area (Å²) in [4.78, 5) is 27.4. The lowest BCUT2D eigenvalue weighted by molar-refractivity contribution is -0.132. The van der Waals surface area contributed by atoms with Crippen LogP contribution in [-0.2, 0) is 9.59 Å². The molecular formula is C25H16ClNO4. The Morgan fingerprint density at radius 1 is 0.903 bits per heavy atom. The molecule has 1 aliphatic heterocycles. The Kier molecular flexibility index (Phi) is 4.60. The van der Waals surface area contributed by atoms with Gasteiger partial charge in [0, 0.05) is 16.3 Å². The molecule has 1 amide bonds. The van der Waals surface area contributed by atoms with Gasteiger partial charge in [-0.3, -0.25) is 14.5 Å². The summed E-state index contributed by atoms with van der Waals surface area (Å²) in [5, 5.41) is 13.6. The van der Waals surface area contributed by atoms with E-state index >= 15 is 0 Å². The molecule has 1 aliphatic rings. The summed E-state index contributed by atoms with van der Waals surface area (Å²) in [7, 11) is 0. The van der Waals surface area contributed by atoms with Crippen molar-refractivity contribution in [3.05, 3.63) is 107 Å². The van der Waals surface area contributed by atoms with Crippen molar-refractivity contribution in [3.8, 4) is 0 Å². The number of amides is 1. The highest BCUT2D eigenvalue weighted by molar-refractivity contribution is 6.51. The Balaban J connectivity index is 1.70. The molecule has 0 bridgehead atoms. The van der Waals surface area contributed by atoms with E-state index in [0.717, 1.165) is 10.8 Å². The van der Waals surface area contributed by atoms with Gasteiger partial charge in [0.05, 0.1) is 11.8 Å². The van der Waals surface area contributed by atoms with Gasteiger partial charge in [0.2, 0.25) is 0 Å². The van der Waals surface area contributed by atoms with E-state index in [-0.39, 0.29) is 11.3 Å². The number of halogens is 1. The molecule has 1 unspecified atom stereocenters. The highest BCUT2D eigenvalue weighted by atomic mass is 35.5. The molecule has 0 aliphatic carbocycles. The van der Waals surface area contributed by atoms with Crippen molar-refractivity contribution in [1.29, 1.82) is 0 Å². The van der Waals surface area contributed by atoms with E-state index in [1.807, 2.05) is 30.3 Å².